The number of benzene rings is 2. The fourth-order valence-corrected chi connectivity index (χ4v) is 2.45. The summed E-state index contributed by atoms with van der Waals surface area (Å²) in [6, 6.07) is 16.0. The van der Waals surface area contributed by atoms with E-state index in [1.54, 1.807) is 6.20 Å². The predicted molar refractivity (Wildman–Crippen MR) is 90.2 cm³/mol. The van der Waals surface area contributed by atoms with Crippen molar-refractivity contribution in [1.82, 2.24) is 10.3 Å². The molecular formula is C18H19N3O. The number of nitrogens with one attached hydrogen (secondary N) is 2. The molecule has 0 aliphatic heterocycles. The molecule has 0 unspecified atom stereocenters. The van der Waals surface area contributed by atoms with Gasteiger partial charge in [-0.05, 0) is 23.8 Å². The highest BCUT2D eigenvalue weighted by molar-refractivity contribution is 6.06. The Balaban J connectivity index is 1.69. The largest absolute Gasteiger partial charge is 0.378 e. The number of nitrogens with zero attached hydrogens (tertiary/aromatic N) is 1. The lowest BCUT2D eigenvalue weighted by molar-refractivity contribution is 0.0952. The molecule has 0 spiro atoms. The topological polar surface area (TPSA) is 48.1 Å². The van der Waals surface area contributed by atoms with Gasteiger partial charge in [0, 0.05) is 43.4 Å². The van der Waals surface area contributed by atoms with E-state index in [4.69, 9.17) is 0 Å². The number of aromatic nitrogens is 1. The molecule has 0 saturated carbocycles. The van der Waals surface area contributed by atoms with Crippen LogP contribution in [0.3, 0.4) is 0 Å². The van der Waals surface area contributed by atoms with Gasteiger partial charge >= 0.3 is 0 Å². The van der Waals surface area contributed by atoms with E-state index in [0.717, 1.165) is 22.2 Å². The first-order valence-electron chi connectivity index (χ1n) is 7.26. The number of fused-ring (bicyclic) bond motifs is 1. The summed E-state index contributed by atoms with van der Waals surface area (Å²) in [5.41, 5.74) is 3.88. The minimum atomic E-state index is -0.0610. The summed E-state index contributed by atoms with van der Waals surface area (Å²) < 4.78 is 0. The first kappa shape index (κ1) is 14.2. The Kier molecular flexibility index (Phi) is 3.83. The second-order valence-electron chi connectivity index (χ2n) is 5.49. The first-order chi connectivity index (χ1) is 10.6. The smallest absolute Gasteiger partial charge is 0.253 e. The Morgan fingerprint density at radius 2 is 1.82 bits per heavy atom. The number of carbonyl (C=O) groups excluding carboxylic acids is 1. The Hall–Kier alpha value is -2.75. The van der Waals surface area contributed by atoms with Crippen molar-refractivity contribution in [2.24, 2.45) is 0 Å². The number of H-pyrrole nitrogens is 1. The lowest BCUT2D eigenvalue weighted by Crippen LogP contribution is -2.22. The summed E-state index contributed by atoms with van der Waals surface area (Å²) in [4.78, 5) is 17.5. The summed E-state index contributed by atoms with van der Waals surface area (Å²) in [6.07, 6.45) is 1.76. The second kappa shape index (κ2) is 5.93. The molecule has 1 heterocycles. The Morgan fingerprint density at radius 3 is 2.55 bits per heavy atom. The number of anilines is 1. The molecular weight excluding hydrogens is 274 g/mol. The summed E-state index contributed by atoms with van der Waals surface area (Å²) >= 11 is 0. The van der Waals surface area contributed by atoms with Crippen LogP contribution in [0.5, 0.6) is 0 Å². The van der Waals surface area contributed by atoms with Gasteiger partial charge in [-0.2, -0.15) is 0 Å². The van der Waals surface area contributed by atoms with Crippen LogP contribution in [0.1, 0.15) is 15.9 Å². The number of aromatic amines is 1. The number of carbonyl (C=O) groups is 1. The van der Waals surface area contributed by atoms with Crippen LogP contribution in [0, 0.1) is 0 Å². The number of hydrogen-bond acceptors (Lipinski definition) is 2. The highest BCUT2D eigenvalue weighted by atomic mass is 16.1. The molecule has 0 fully saturated rings. The molecule has 2 aromatic carbocycles. The van der Waals surface area contributed by atoms with Gasteiger partial charge in [-0.1, -0.05) is 30.3 Å². The molecule has 3 aromatic rings. The van der Waals surface area contributed by atoms with Crippen LogP contribution in [0.4, 0.5) is 5.69 Å². The van der Waals surface area contributed by atoms with E-state index in [1.807, 2.05) is 67.5 Å². The SMILES string of the molecule is CN(C)c1ccc(CNC(=O)c2c[nH]c3ccccc23)cc1. The first-order valence-corrected chi connectivity index (χ1v) is 7.26. The van der Waals surface area contributed by atoms with Gasteiger partial charge in [0.15, 0.2) is 0 Å². The Morgan fingerprint density at radius 1 is 1.09 bits per heavy atom. The maximum atomic E-state index is 12.3. The van der Waals surface area contributed by atoms with E-state index < -0.39 is 0 Å². The molecule has 0 saturated heterocycles. The fraction of sp³-hybridized carbons (Fsp3) is 0.167. The van der Waals surface area contributed by atoms with Gasteiger partial charge in [0.2, 0.25) is 0 Å². The van der Waals surface area contributed by atoms with E-state index >= 15 is 0 Å². The van der Waals surface area contributed by atoms with Gasteiger partial charge in [0.1, 0.15) is 0 Å². The van der Waals surface area contributed by atoms with E-state index in [-0.39, 0.29) is 5.91 Å². The molecule has 2 N–H and O–H groups in total. The van der Waals surface area contributed by atoms with E-state index in [1.165, 1.54) is 0 Å². The number of rotatable bonds is 4. The van der Waals surface area contributed by atoms with Crippen molar-refractivity contribution in [3.05, 3.63) is 65.9 Å². The van der Waals surface area contributed by atoms with Crippen LogP contribution >= 0.6 is 0 Å². The molecule has 4 heteroatoms. The highest BCUT2D eigenvalue weighted by Gasteiger charge is 2.11. The van der Waals surface area contributed by atoms with Crippen LogP contribution in [0.15, 0.2) is 54.7 Å². The molecule has 112 valence electrons. The summed E-state index contributed by atoms with van der Waals surface area (Å²) in [7, 11) is 4.02. The van der Waals surface area contributed by atoms with Crippen molar-refractivity contribution in [3.8, 4) is 0 Å². The average Bonchev–Trinajstić information content (AvgIpc) is 2.97. The monoisotopic (exact) mass is 293 g/mol. The third-order valence-electron chi connectivity index (χ3n) is 3.74. The quantitative estimate of drug-likeness (QED) is 0.776. The zero-order valence-electron chi connectivity index (χ0n) is 12.8. The van der Waals surface area contributed by atoms with E-state index in [0.29, 0.717) is 12.1 Å². The predicted octanol–water partition coefficient (Wildman–Crippen LogP) is 3.16. The van der Waals surface area contributed by atoms with Crippen LogP contribution in [-0.4, -0.2) is 25.0 Å². The molecule has 0 bridgehead atoms. The summed E-state index contributed by atoms with van der Waals surface area (Å²) in [5.74, 6) is -0.0610. The van der Waals surface area contributed by atoms with Crippen molar-refractivity contribution in [3.63, 3.8) is 0 Å². The minimum Gasteiger partial charge on any atom is -0.378 e. The Labute approximate surface area is 129 Å². The fourth-order valence-electron chi connectivity index (χ4n) is 2.45. The lowest BCUT2D eigenvalue weighted by atomic mass is 10.1. The van der Waals surface area contributed by atoms with Crippen LogP contribution < -0.4 is 10.2 Å². The van der Waals surface area contributed by atoms with Gasteiger partial charge in [-0.15, -0.1) is 0 Å². The summed E-state index contributed by atoms with van der Waals surface area (Å²) in [6.45, 7) is 0.520. The number of amides is 1. The lowest BCUT2D eigenvalue weighted by Gasteiger charge is -2.12. The third kappa shape index (κ3) is 2.81. The van der Waals surface area contributed by atoms with Crippen molar-refractivity contribution < 1.29 is 4.79 Å². The molecule has 4 nitrogen and oxygen atoms in total. The average molecular weight is 293 g/mol. The van der Waals surface area contributed by atoms with Gasteiger partial charge in [-0.25, -0.2) is 0 Å². The second-order valence-corrected chi connectivity index (χ2v) is 5.49. The maximum Gasteiger partial charge on any atom is 0.253 e. The molecule has 1 amide bonds. The number of para-hydroxylation sites is 1. The van der Waals surface area contributed by atoms with Gasteiger partial charge in [0.05, 0.1) is 5.56 Å². The van der Waals surface area contributed by atoms with Gasteiger partial charge in [0.25, 0.3) is 5.91 Å². The molecule has 0 aliphatic carbocycles. The molecule has 0 atom stereocenters. The van der Waals surface area contributed by atoms with Crippen molar-refractivity contribution in [2.75, 3.05) is 19.0 Å². The van der Waals surface area contributed by atoms with Crippen molar-refractivity contribution in [2.45, 2.75) is 6.54 Å². The Bertz CT molecular complexity index is 787. The van der Waals surface area contributed by atoms with Gasteiger partial charge < -0.3 is 15.2 Å². The van der Waals surface area contributed by atoms with Gasteiger partial charge in [-0.3, -0.25) is 4.79 Å². The van der Waals surface area contributed by atoms with Crippen LogP contribution in [0.25, 0.3) is 10.9 Å². The van der Waals surface area contributed by atoms with Crippen LogP contribution in [-0.2, 0) is 6.54 Å². The van der Waals surface area contributed by atoms with Crippen LogP contribution in [0.2, 0.25) is 0 Å². The maximum absolute atomic E-state index is 12.3. The van der Waals surface area contributed by atoms with Crippen molar-refractivity contribution >= 4 is 22.5 Å². The summed E-state index contributed by atoms with van der Waals surface area (Å²) in [5, 5.41) is 3.92. The van der Waals surface area contributed by atoms with E-state index in [2.05, 4.69) is 10.3 Å². The zero-order chi connectivity index (χ0) is 15.5. The van der Waals surface area contributed by atoms with E-state index in [9.17, 15) is 4.79 Å². The standard InChI is InChI=1S/C18H19N3O/c1-21(2)14-9-7-13(8-10-14)11-20-18(22)16-12-19-17-6-4-3-5-15(16)17/h3-10,12,19H,11H2,1-2H3,(H,20,22). The third-order valence-corrected chi connectivity index (χ3v) is 3.74. The number of hydrogen-bond donors (Lipinski definition) is 2. The minimum absolute atomic E-state index is 0.0610. The molecule has 3 rings (SSSR count). The molecule has 0 radical (unpaired) electrons. The molecule has 22 heavy (non-hydrogen) atoms. The highest BCUT2D eigenvalue weighted by Crippen LogP contribution is 2.18. The molecule has 0 aliphatic rings. The molecule has 1 aromatic heterocycles. The van der Waals surface area contributed by atoms with Crippen molar-refractivity contribution in [1.29, 1.82) is 0 Å². The normalized spacial score (nSPS) is 10.6. The zero-order valence-corrected chi connectivity index (χ0v) is 12.8.